The third-order valence-electron chi connectivity index (χ3n) is 7.59. The van der Waals surface area contributed by atoms with Gasteiger partial charge in [-0.2, -0.15) is 13.2 Å². The van der Waals surface area contributed by atoms with Gasteiger partial charge in [0, 0.05) is 29.4 Å². The molecule has 0 saturated carbocycles. The number of thiazole rings is 1. The molecule has 2 aromatic carbocycles. The molecule has 4 heterocycles. The normalized spacial score (nSPS) is 22.5. The summed E-state index contributed by atoms with van der Waals surface area (Å²) in [5.41, 5.74) is -1.15. The van der Waals surface area contributed by atoms with E-state index in [0.29, 0.717) is 39.2 Å². The number of carbonyl (C=O) groups is 3. The van der Waals surface area contributed by atoms with Crippen LogP contribution in [0.25, 0.3) is 0 Å². The van der Waals surface area contributed by atoms with Crippen LogP contribution in [0.5, 0.6) is 5.75 Å². The van der Waals surface area contributed by atoms with Crippen LogP contribution >= 0.6 is 23.1 Å². The minimum Gasteiger partial charge on any atom is -0.483 e. The lowest BCUT2D eigenvalue weighted by molar-refractivity contribution is -0.137. The fraction of sp³-hybridized carbons (Fsp3) is 0.357. The first kappa shape index (κ1) is 27.6. The van der Waals surface area contributed by atoms with Crippen LogP contribution in [0, 0.1) is 5.92 Å². The van der Waals surface area contributed by atoms with Gasteiger partial charge in [0.2, 0.25) is 11.8 Å². The number of para-hydroxylation sites is 2. The van der Waals surface area contributed by atoms with Gasteiger partial charge in [-0.1, -0.05) is 53.4 Å². The smallest absolute Gasteiger partial charge is 0.418 e. The van der Waals surface area contributed by atoms with Crippen LogP contribution in [0.15, 0.2) is 58.4 Å². The monoisotopic (exact) mass is 603 g/mol. The zero-order chi connectivity index (χ0) is 28.9. The summed E-state index contributed by atoms with van der Waals surface area (Å²) in [6, 6.07) is 11.2. The third-order valence-corrected chi connectivity index (χ3v) is 9.99. The number of halogens is 3. The van der Waals surface area contributed by atoms with Gasteiger partial charge in [-0.15, -0.1) is 0 Å². The highest BCUT2D eigenvalue weighted by Gasteiger charge is 2.57. The number of carbonyl (C=O) groups excluding carboxylic acids is 3. The first-order valence-corrected chi connectivity index (χ1v) is 14.8. The molecule has 41 heavy (non-hydrogen) atoms. The number of imide groups is 1. The van der Waals surface area contributed by atoms with Gasteiger partial charge < -0.3 is 14.6 Å². The average Bonchev–Trinajstić information content (AvgIpc) is 3.46. The highest BCUT2D eigenvalue weighted by molar-refractivity contribution is 8.00. The van der Waals surface area contributed by atoms with Gasteiger partial charge in [0.25, 0.3) is 5.91 Å². The Bertz CT molecular complexity index is 1580. The largest absolute Gasteiger partial charge is 0.483 e. The SMILES string of the molecule is O=C(COc1ccccc1[C@@H]1c2sc(=O)[nH]c2S[C@H]2C(=O)N(c3ccccc3C(F)(F)F)C(=O)[C@@H]12)N1CCCCC1. The Morgan fingerprint density at radius 3 is 2.44 bits per heavy atom. The van der Waals surface area contributed by atoms with Crippen LogP contribution in [-0.4, -0.2) is 52.6 Å². The second kappa shape index (κ2) is 10.7. The zero-order valence-electron chi connectivity index (χ0n) is 21.5. The molecule has 2 fully saturated rings. The molecule has 8 nitrogen and oxygen atoms in total. The van der Waals surface area contributed by atoms with E-state index >= 15 is 0 Å². The molecule has 0 bridgehead atoms. The van der Waals surface area contributed by atoms with E-state index in [-0.39, 0.29) is 17.4 Å². The van der Waals surface area contributed by atoms with Crippen LogP contribution in [0.2, 0.25) is 0 Å². The van der Waals surface area contributed by atoms with Gasteiger partial charge in [-0.3, -0.25) is 19.2 Å². The number of piperidine rings is 1. The van der Waals surface area contributed by atoms with E-state index in [1.54, 1.807) is 29.2 Å². The Kier molecular flexibility index (Phi) is 7.18. The molecule has 2 saturated heterocycles. The van der Waals surface area contributed by atoms with Crippen molar-refractivity contribution < 1.29 is 32.3 Å². The van der Waals surface area contributed by atoms with Gasteiger partial charge in [-0.25, -0.2) is 4.90 Å². The van der Waals surface area contributed by atoms with Gasteiger partial charge in [0.1, 0.15) is 11.0 Å². The van der Waals surface area contributed by atoms with Crippen molar-refractivity contribution in [1.29, 1.82) is 0 Å². The predicted octanol–water partition coefficient (Wildman–Crippen LogP) is 4.64. The van der Waals surface area contributed by atoms with Crippen LogP contribution in [-0.2, 0) is 20.6 Å². The molecule has 3 aliphatic rings. The molecule has 3 amide bonds. The molecule has 1 N–H and O–H groups in total. The molecule has 214 valence electrons. The standard InChI is InChI=1S/C28H24F3N3O5S2/c29-28(30,31)16-9-3-4-10-17(16)34-25(36)21-20(22-24(32-27(38)41-22)40-23(21)26(34)37)15-8-2-5-11-18(15)39-14-19(35)33-12-6-1-7-13-33/h2-5,8-11,20-21,23H,1,6-7,12-14H2,(H,32,38)/t20-,21-,23+/m0/s1. The zero-order valence-corrected chi connectivity index (χ0v) is 23.1. The summed E-state index contributed by atoms with van der Waals surface area (Å²) in [4.78, 5) is 58.0. The van der Waals surface area contributed by atoms with Crippen molar-refractivity contribution in [2.75, 3.05) is 24.6 Å². The molecule has 0 unspecified atom stereocenters. The van der Waals surface area contributed by atoms with Crippen LogP contribution in [0.4, 0.5) is 18.9 Å². The molecule has 0 spiro atoms. The Hall–Kier alpha value is -3.58. The van der Waals surface area contributed by atoms with E-state index in [9.17, 15) is 32.3 Å². The molecule has 0 aliphatic carbocycles. The molecule has 13 heteroatoms. The second-order valence-corrected chi connectivity index (χ2v) is 12.2. The number of aromatic amines is 1. The van der Waals surface area contributed by atoms with E-state index in [1.165, 1.54) is 12.1 Å². The summed E-state index contributed by atoms with van der Waals surface area (Å²) in [6.07, 6.45) is -1.88. The minimum absolute atomic E-state index is 0.175. The third kappa shape index (κ3) is 4.94. The second-order valence-electron chi connectivity index (χ2n) is 10.0. The summed E-state index contributed by atoms with van der Waals surface area (Å²) < 4.78 is 47.6. The number of likely N-dealkylation sites (tertiary alicyclic amines) is 1. The molecular weight excluding hydrogens is 579 g/mol. The van der Waals surface area contributed by atoms with Crippen LogP contribution in [0.1, 0.15) is 41.2 Å². The van der Waals surface area contributed by atoms with Gasteiger partial charge in [0.05, 0.1) is 22.2 Å². The van der Waals surface area contributed by atoms with E-state index in [2.05, 4.69) is 4.98 Å². The first-order chi connectivity index (χ1) is 19.6. The van der Waals surface area contributed by atoms with Crippen molar-refractivity contribution in [2.24, 2.45) is 5.92 Å². The lowest BCUT2D eigenvalue weighted by Gasteiger charge is -2.31. The van der Waals surface area contributed by atoms with Crippen molar-refractivity contribution in [1.82, 2.24) is 9.88 Å². The number of amides is 3. The first-order valence-electron chi connectivity index (χ1n) is 13.1. The Labute approximate surface area is 240 Å². The molecule has 1 aromatic heterocycles. The Morgan fingerprint density at radius 1 is 0.976 bits per heavy atom. The van der Waals surface area contributed by atoms with Crippen molar-refractivity contribution in [2.45, 2.75) is 41.6 Å². The van der Waals surface area contributed by atoms with Crippen molar-refractivity contribution in [3.63, 3.8) is 0 Å². The van der Waals surface area contributed by atoms with Crippen molar-refractivity contribution in [3.8, 4) is 5.75 Å². The number of aromatic nitrogens is 1. The Balaban J connectivity index is 1.39. The number of nitrogens with one attached hydrogen (secondary N) is 1. The molecule has 3 atom stereocenters. The summed E-state index contributed by atoms with van der Waals surface area (Å²) in [6.45, 7) is 1.07. The lowest BCUT2D eigenvalue weighted by atomic mass is 9.82. The average molecular weight is 604 g/mol. The Morgan fingerprint density at radius 2 is 1.68 bits per heavy atom. The number of anilines is 1. The fourth-order valence-corrected chi connectivity index (χ4v) is 8.25. The number of H-pyrrole nitrogens is 1. The van der Waals surface area contributed by atoms with E-state index in [4.69, 9.17) is 4.74 Å². The van der Waals surface area contributed by atoms with Gasteiger partial charge in [0.15, 0.2) is 6.61 Å². The number of nitrogens with zero attached hydrogens (tertiary/aromatic N) is 2. The maximum Gasteiger partial charge on any atom is 0.418 e. The highest BCUT2D eigenvalue weighted by atomic mass is 32.2. The summed E-state index contributed by atoms with van der Waals surface area (Å²) in [5, 5.41) is -0.688. The van der Waals surface area contributed by atoms with E-state index < -0.39 is 46.3 Å². The van der Waals surface area contributed by atoms with E-state index in [1.807, 2.05) is 0 Å². The highest BCUT2D eigenvalue weighted by Crippen LogP contribution is 2.55. The number of benzene rings is 2. The summed E-state index contributed by atoms with van der Waals surface area (Å²) >= 11 is 1.85. The summed E-state index contributed by atoms with van der Waals surface area (Å²) in [7, 11) is 0. The molecular formula is C28H24F3N3O5S2. The van der Waals surface area contributed by atoms with Crippen molar-refractivity contribution >= 4 is 46.5 Å². The maximum absolute atomic E-state index is 14.0. The lowest BCUT2D eigenvalue weighted by Crippen LogP contribution is -2.38. The quantitative estimate of drug-likeness (QED) is 0.427. The molecule has 0 radical (unpaired) electrons. The number of rotatable bonds is 5. The fourth-order valence-electron chi connectivity index (χ4n) is 5.74. The minimum atomic E-state index is -4.79. The van der Waals surface area contributed by atoms with Crippen LogP contribution in [0.3, 0.4) is 0 Å². The number of fused-ring (bicyclic) bond motifs is 2. The molecule has 3 aromatic rings. The number of ether oxygens (including phenoxy) is 1. The number of hydrogen-bond donors (Lipinski definition) is 1. The molecule has 3 aliphatic heterocycles. The topological polar surface area (TPSA) is 99.8 Å². The van der Waals surface area contributed by atoms with Gasteiger partial charge in [-0.05, 0) is 37.5 Å². The van der Waals surface area contributed by atoms with Crippen LogP contribution < -0.4 is 14.5 Å². The molecule has 6 rings (SSSR count). The number of hydrogen-bond acceptors (Lipinski definition) is 7. The maximum atomic E-state index is 14.0. The van der Waals surface area contributed by atoms with Gasteiger partial charge >= 0.3 is 11.0 Å². The number of thioether (sulfide) groups is 1. The predicted molar refractivity (Wildman–Crippen MR) is 146 cm³/mol. The van der Waals surface area contributed by atoms with Crippen molar-refractivity contribution in [3.05, 3.63) is 74.2 Å². The summed E-state index contributed by atoms with van der Waals surface area (Å²) in [5.74, 6) is -3.42. The van der Waals surface area contributed by atoms with E-state index in [0.717, 1.165) is 54.5 Å². The number of alkyl halides is 3.